The molecule has 17 heavy (non-hydrogen) atoms. The Kier molecular flexibility index (Phi) is 8.56. The van der Waals surface area contributed by atoms with Crippen molar-refractivity contribution in [2.75, 3.05) is 52.7 Å². The second-order valence-electron chi connectivity index (χ2n) is 4.25. The van der Waals surface area contributed by atoms with Crippen molar-refractivity contribution in [2.45, 2.75) is 26.1 Å². The smallest absolute Gasteiger partial charge is 0.0704 e. The third-order valence-corrected chi connectivity index (χ3v) is 2.50. The third-order valence-electron chi connectivity index (χ3n) is 2.50. The summed E-state index contributed by atoms with van der Waals surface area (Å²) in [5, 5.41) is 3.32. The molecular formula is C12H25NO4. The molecule has 0 unspecified atom stereocenters. The molecule has 0 spiro atoms. The molecule has 0 saturated carbocycles. The van der Waals surface area contributed by atoms with Gasteiger partial charge in [-0.05, 0) is 13.8 Å². The molecule has 2 atom stereocenters. The summed E-state index contributed by atoms with van der Waals surface area (Å²) in [6.45, 7) is 9.54. The molecule has 102 valence electrons. The van der Waals surface area contributed by atoms with Gasteiger partial charge in [-0.2, -0.15) is 0 Å². The van der Waals surface area contributed by atoms with Crippen molar-refractivity contribution in [1.82, 2.24) is 5.32 Å². The van der Waals surface area contributed by atoms with Gasteiger partial charge in [0.2, 0.25) is 0 Å². The Morgan fingerprint density at radius 1 is 0.706 bits per heavy atom. The van der Waals surface area contributed by atoms with E-state index in [9.17, 15) is 0 Å². The molecule has 0 amide bonds. The molecule has 0 bridgehead atoms. The highest BCUT2D eigenvalue weighted by molar-refractivity contribution is 4.60. The third kappa shape index (κ3) is 8.51. The molecule has 1 N–H and O–H groups in total. The van der Waals surface area contributed by atoms with Crippen molar-refractivity contribution in [1.29, 1.82) is 0 Å². The molecular weight excluding hydrogens is 222 g/mol. The summed E-state index contributed by atoms with van der Waals surface area (Å²) in [4.78, 5) is 0. The Hall–Kier alpha value is -0.200. The highest BCUT2D eigenvalue weighted by Crippen LogP contribution is 1.93. The Morgan fingerprint density at radius 2 is 1.12 bits per heavy atom. The second kappa shape index (κ2) is 9.79. The minimum Gasteiger partial charge on any atom is -0.377 e. The summed E-state index contributed by atoms with van der Waals surface area (Å²) in [6, 6.07) is 0. The van der Waals surface area contributed by atoms with Crippen LogP contribution in [0.2, 0.25) is 0 Å². The summed E-state index contributed by atoms with van der Waals surface area (Å²) in [6.07, 6.45) is 0.402. The number of nitrogens with one attached hydrogen (secondary N) is 1. The minimum absolute atomic E-state index is 0.201. The molecule has 0 radical (unpaired) electrons. The molecule has 0 aliphatic carbocycles. The van der Waals surface area contributed by atoms with Gasteiger partial charge in [-0.1, -0.05) is 0 Å². The van der Waals surface area contributed by atoms with Crippen LogP contribution in [0.15, 0.2) is 0 Å². The molecule has 1 fully saturated rings. The molecule has 5 heteroatoms. The second-order valence-corrected chi connectivity index (χ2v) is 4.25. The van der Waals surface area contributed by atoms with Crippen molar-refractivity contribution in [3.8, 4) is 0 Å². The van der Waals surface area contributed by atoms with Gasteiger partial charge in [0, 0.05) is 13.1 Å². The number of hydrogen-bond acceptors (Lipinski definition) is 5. The topological polar surface area (TPSA) is 49.0 Å². The molecule has 1 rings (SSSR count). The van der Waals surface area contributed by atoms with E-state index in [0.717, 1.165) is 13.1 Å². The van der Waals surface area contributed by atoms with Crippen LogP contribution in [0.25, 0.3) is 0 Å². The van der Waals surface area contributed by atoms with Crippen LogP contribution in [0, 0.1) is 0 Å². The van der Waals surface area contributed by atoms with E-state index < -0.39 is 0 Å². The van der Waals surface area contributed by atoms with E-state index in [1.807, 2.05) is 0 Å². The number of hydrogen-bond donors (Lipinski definition) is 1. The fourth-order valence-electron chi connectivity index (χ4n) is 1.55. The number of rotatable bonds is 0. The SMILES string of the molecule is C[C@H]1CNC[C@H](C)OCCOCCOCCO1. The van der Waals surface area contributed by atoms with Gasteiger partial charge in [0.25, 0.3) is 0 Å². The largest absolute Gasteiger partial charge is 0.377 e. The van der Waals surface area contributed by atoms with E-state index in [1.165, 1.54) is 0 Å². The van der Waals surface area contributed by atoms with E-state index >= 15 is 0 Å². The van der Waals surface area contributed by atoms with Gasteiger partial charge in [0.15, 0.2) is 0 Å². The lowest BCUT2D eigenvalue weighted by molar-refractivity contribution is -0.0162. The van der Waals surface area contributed by atoms with Crippen molar-refractivity contribution >= 4 is 0 Å². The molecule has 1 heterocycles. The first-order valence-corrected chi connectivity index (χ1v) is 6.38. The summed E-state index contributed by atoms with van der Waals surface area (Å²) >= 11 is 0. The zero-order valence-corrected chi connectivity index (χ0v) is 10.9. The summed E-state index contributed by atoms with van der Waals surface area (Å²) in [5.74, 6) is 0. The van der Waals surface area contributed by atoms with E-state index in [0.29, 0.717) is 39.6 Å². The van der Waals surface area contributed by atoms with E-state index in [2.05, 4.69) is 19.2 Å². The fraction of sp³-hybridized carbons (Fsp3) is 1.00. The van der Waals surface area contributed by atoms with Gasteiger partial charge in [-0.15, -0.1) is 0 Å². The zero-order chi connectivity index (χ0) is 12.3. The Bertz CT molecular complexity index is 162. The standard InChI is InChI=1S/C12H25NO4/c1-11-9-13-10-12(2)17-8-6-15-4-3-14-5-7-16-11/h11-13H,3-10H2,1-2H3/t11-,12-/m0/s1. The van der Waals surface area contributed by atoms with Gasteiger partial charge in [0.05, 0.1) is 51.8 Å². The molecule has 1 aliphatic rings. The minimum atomic E-state index is 0.201. The van der Waals surface area contributed by atoms with Crippen molar-refractivity contribution in [3.63, 3.8) is 0 Å². The maximum Gasteiger partial charge on any atom is 0.0704 e. The van der Waals surface area contributed by atoms with Gasteiger partial charge in [0.1, 0.15) is 0 Å². The maximum absolute atomic E-state index is 5.58. The lowest BCUT2D eigenvalue weighted by Crippen LogP contribution is -2.34. The van der Waals surface area contributed by atoms with Crippen LogP contribution in [0.1, 0.15) is 13.8 Å². The van der Waals surface area contributed by atoms with Crippen molar-refractivity contribution in [2.24, 2.45) is 0 Å². The Labute approximate surface area is 104 Å². The Morgan fingerprint density at radius 3 is 1.59 bits per heavy atom. The zero-order valence-electron chi connectivity index (χ0n) is 10.9. The average Bonchev–Trinajstić information content (AvgIpc) is 2.31. The van der Waals surface area contributed by atoms with E-state index in [1.54, 1.807) is 0 Å². The quantitative estimate of drug-likeness (QED) is 0.673. The predicted molar refractivity (Wildman–Crippen MR) is 65.3 cm³/mol. The average molecular weight is 247 g/mol. The normalized spacial score (nSPS) is 31.4. The van der Waals surface area contributed by atoms with Gasteiger partial charge < -0.3 is 24.3 Å². The molecule has 0 aromatic rings. The first-order valence-electron chi connectivity index (χ1n) is 6.38. The van der Waals surface area contributed by atoms with Crippen LogP contribution >= 0.6 is 0 Å². The highest BCUT2D eigenvalue weighted by atomic mass is 16.6. The predicted octanol–water partition coefficient (Wildman–Crippen LogP) is 0.433. The summed E-state index contributed by atoms with van der Waals surface area (Å²) in [5.41, 5.74) is 0. The van der Waals surface area contributed by atoms with Crippen LogP contribution in [0.3, 0.4) is 0 Å². The molecule has 0 aromatic carbocycles. The fourth-order valence-corrected chi connectivity index (χ4v) is 1.55. The summed E-state index contributed by atoms with van der Waals surface area (Å²) in [7, 11) is 0. The molecule has 1 aliphatic heterocycles. The highest BCUT2D eigenvalue weighted by Gasteiger charge is 2.05. The van der Waals surface area contributed by atoms with E-state index in [4.69, 9.17) is 18.9 Å². The van der Waals surface area contributed by atoms with Crippen LogP contribution in [0.5, 0.6) is 0 Å². The van der Waals surface area contributed by atoms with Crippen LogP contribution in [-0.4, -0.2) is 64.9 Å². The van der Waals surface area contributed by atoms with E-state index in [-0.39, 0.29) is 12.2 Å². The first kappa shape index (κ1) is 14.9. The monoisotopic (exact) mass is 247 g/mol. The van der Waals surface area contributed by atoms with Crippen molar-refractivity contribution < 1.29 is 18.9 Å². The van der Waals surface area contributed by atoms with Gasteiger partial charge in [-0.25, -0.2) is 0 Å². The van der Waals surface area contributed by atoms with Gasteiger partial charge in [-0.3, -0.25) is 0 Å². The molecule has 5 nitrogen and oxygen atoms in total. The first-order chi connectivity index (χ1) is 8.29. The van der Waals surface area contributed by atoms with Crippen LogP contribution in [-0.2, 0) is 18.9 Å². The van der Waals surface area contributed by atoms with Crippen LogP contribution in [0.4, 0.5) is 0 Å². The number of ether oxygens (including phenoxy) is 4. The lowest BCUT2D eigenvalue weighted by atomic mass is 10.3. The summed E-state index contributed by atoms with van der Waals surface area (Å²) < 4.78 is 21.9. The lowest BCUT2D eigenvalue weighted by Gasteiger charge is -2.16. The van der Waals surface area contributed by atoms with Gasteiger partial charge >= 0.3 is 0 Å². The Balaban J connectivity index is 2.20. The van der Waals surface area contributed by atoms with Crippen molar-refractivity contribution in [3.05, 3.63) is 0 Å². The molecule has 1 saturated heterocycles. The molecule has 0 aromatic heterocycles. The maximum atomic E-state index is 5.58. The van der Waals surface area contributed by atoms with Crippen LogP contribution < -0.4 is 5.32 Å².